The average Bonchev–Trinajstić information content (AvgIpc) is 2.47. The van der Waals surface area contributed by atoms with Crippen LogP contribution in [0.5, 0.6) is 5.88 Å². The molecule has 0 bridgehead atoms. The standard InChI is InChI=1S/C14H15BrFN3O/c1-3-17-14(10-6-9(15)4-5-11(10)16)12-7-13(20-2)19-8-18-12/h4-8,14,17H,3H2,1-2H3. The second kappa shape index (κ2) is 6.76. The second-order valence-corrected chi connectivity index (χ2v) is 5.06. The highest BCUT2D eigenvalue weighted by Gasteiger charge is 2.19. The quantitative estimate of drug-likeness (QED) is 0.909. The fraction of sp³-hybridized carbons (Fsp3) is 0.286. The summed E-state index contributed by atoms with van der Waals surface area (Å²) in [5.41, 5.74) is 1.19. The molecule has 1 heterocycles. The van der Waals surface area contributed by atoms with Crippen LogP contribution in [-0.4, -0.2) is 23.6 Å². The first-order valence-electron chi connectivity index (χ1n) is 6.20. The summed E-state index contributed by atoms with van der Waals surface area (Å²) in [5, 5.41) is 3.23. The molecule has 1 unspecified atom stereocenters. The SMILES string of the molecule is CCNC(c1cc(OC)ncn1)c1cc(Br)ccc1F. The minimum atomic E-state index is -0.352. The summed E-state index contributed by atoms with van der Waals surface area (Å²) in [6.07, 6.45) is 1.41. The molecule has 2 aromatic rings. The molecule has 6 heteroatoms. The predicted molar refractivity (Wildman–Crippen MR) is 78.2 cm³/mol. The number of aromatic nitrogens is 2. The van der Waals surface area contributed by atoms with Gasteiger partial charge in [-0.1, -0.05) is 22.9 Å². The predicted octanol–water partition coefficient (Wildman–Crippen LogP) is 3.09. The van der Waals surface area contributed by atoms with Crippen LogP contribution in [0.1, 0.15) is 24.2 Å². The van der Waals surface area contributed by atoms with Crippen LogP contribution >= 0.6 is 15.9 Å². The van der Waals surface area contributed by atoms with Crippen molar-refractivity contribution in [2.24, 2.45) is 0 Å². The van der Waals surface area contributed by atoms with E-state index in [9.17, 15) is 4.39 Å². The summed E-state index contributed by atoms with van der Waals surface area (Å²) in [7, 11) is 1.54. The van der Waals surface area contributed by atoms with Crippen LogP contribution in [0, 0.1) is 5.82 Å². The molecule has 1 aromatic heterocycles. The van der Waals surface area contributed by atoms with Crippen LogP contribution in [0.3, 0.4) is 0 Å². The van der Waals surface area contributed by atoms with Gasteiger partial charge < -0.3 is 10.1 Å². The van der Waals surface area contributed by atoms with E-state index in [1.165, 1.54) is 19.5 Å². The first-order valence-corrected chi connectivity index (χ1v) is 6.99. The van der Waals surface area contributed by atoms with Gasteiger partial charge in [0.25, 0.3) is 0 Å². The Kier molecular flexibility index (Phi) is 5.03. The molecule has 1 atom stereocenters. The number of rotatable bonds is 5. The maximum atomic E-state index is 14.1. The number of ether oxygens (including phenoxy) is 1. The monoisotopic (exact) mass is 339 g/mol. The van der Waals surface area contributed by atoms with Gasteiger partial charge in [-0.25, -0.2) is 14.4 Å². The number of nitrogens with zero attached hydrogens (tertiary/aromatic N) is 2. The zero-order chi connectivity index (χ0) is 14.5. The zero-order valence-electron chi connectivity index (χ0n) is 11.2. The molecule has 0 aliphatic heterocycles. The van der Waals surface area contributed by atoms with Gasteiger partial charge in [-0.2, -0.15) is 0 Å². The van der Waals surface area contributed by atoms with Crippen LogP contribution < -0.4 is 10.1 Å². The van der Waals surface area contributed by atoms with Gasteiger partial charge in [0.2, 0.25) is 5.88 Å². The Hall–Kier alpha value is -1.53. The van der Waals surface area contributed by atoms with Crippen molar-refractivity contribution in [2.45, 2.75) is 13.0 Å². The second-order valence-electron chi connectivity index (χ2n) is 4.14. The smallest absolute Gasteiger partial charge is 0.216 e. The van der Waals surface area contributed by atoms with Gasteiger partial charge in [-0.3, -0.25) is 0 Å². The molecule has 0 amide bonds. The van der Waals surface area contributed by atoms with Gasteiger partial charge in [-0.15, -0.1) is 0 Å². The number of nitrogens with one attached hydrogen (secondary N) is 1. The summed E-state index contributed by atoms with van der Waals surface area (Å²) >= 11 is 3.36. The molecule has 2 rings (SSSR count). The molecule has 0 saturated carbocycles. The van der Waals surface area contributed by atoms with Gasteiger partial charge in [-0.05, 0) is 24.7 Å². The Morgan fingerprint density at radius 3 is 2.85 bits per heavy atom. The van der Waals surface area contributed by atoms with Gasteiger partial charge in [0, 0.05) is 16.1 Å². The lowest BCUT2D eigenvalue weighted by Gasteiger charge is -2.19. The Bertz CT molecular complexity index is 594. The highest BCUT2D eigenvalue weighted by Crippen LogP contribution is 2.27. The van der Waals surface area contributed by atoms with E-state index in [1.807, 2.05) is 6.92 Å². The van der Waals surface area contributed by atoms with E-state index in [0.717, 1.165) is 4.47 Å². The third-order valence-corrected chi connectivity index (χ3v) is 3.34. The molecule has 0 spiro atoms. The van der Waals surface area contributed by atoms with E-state index < -0.39 is 0 Å². The molecule has 0 saturated heterocycles. The number of methoxy groups -OCH3 is 1. The van der Waals surface area contributed by atoms with Crippen molar-refractivity contribution in [3.63, 3.8) is 0 Å². The molecule has 106 valence electrons. The molecule has 1 N–H and O–H groups in total. The Labute approximate surface area is 125 Å². The molecule has 20 heavy (non-hydrogen) atoms. The van der Waals surface area contributed by atoms with Crippen LogP contribution in [-0.2, 0) is 0 Å². The topological polar surface area (TPSA) is 47.0 Å². The third kappa shape index (κ3) is 3.32. The summed E-state index contributed by atoms with van der Waals surface area (Å²) < 4.78 is 20.0. The van der Waals surface area contributed by atoms with Crippen molar-refractivity contribution in [3.8, 4) is 5.88 Å². The minimum absolute atomic E-state index is 0.281. The number of halogens is 2. The molecule has 0 aliphatic carbocycles. The van der Waals surface area contributed by atoms with Crippen LogP contribution in [0.2, 0.25) is 0 Å². The molecule has 0 fully saturated rings. The van der Waals surface area contributed by atoms with Gasteiger partial charge in [0.1, 0.15) is 12.1 Å². The fourth-order valence-electron chi connectivity index (χ4n) is 1.94. The van der Waals surface area contributed by atoms with Crippen molar-refractivity contribution in [2.75, 3.05) is 13.7 Å². The summed E-state index contributed by atoms with van der Waals surface area (Å²) in [5.74, 6) is 0.171. The van der Waals surface area contributed by atoms with Crippen molar-refractivity contribution < 1.29 is 9.13 Å². The Balaban J connectivity index is 2.46. The molecule has 4 nitrogen and oxygen atoms in total. The Morgan fingerprint density at radius 2 is 2.15 bits per heavy atom. The normalized spacial score (nSPS) is 12.2. The van der Waals surface area contributed by atoms with Gasteiger partial charge in [0.15, 0.2) is 0 Å². The number of hydrogen-bond acceptors (Lipinski definition) is 4. The van der Waals surface area contributed by atoms with Crippen molar-refractivity contribution in [1.29, 1.82) is 0 Å². The van der Waals surface area contributed by atoms with Gasteiger partial charge in [0.05, 0.1) is 18.8 Å². The first kappa shape index (κ1) is 14.9. The first-order chi connectivity index (χ1) is 9.65. The summed E-state index contributed by atoms with van der Waals surface area (Å²) in [6.45, 7) is 2.64. The number of benzene rings is 1. The van der Waals surface area contributed by atoms with Crippen LogP contribution in [0.25, 0.3) is 0 Å². The van der Waals surface area contributed by atoms with Crippen molar-refractivity contribution in [3.05, 3.63) is 52.1 Å². The lowest BCUT2D eigenvalue weighted by molar-refractivity contribution is 0.394. The van der Waals surface area contributed by atoms with Crippen LogP contribution in [0.4, 0.5) is 4.39 Å². The lowest BCUT2D eigenvalue weighted by Crippen LogP contribution is -2.24. The summed E-state index contributed by atoms with van der Waals surface area (Å²) in [4.78, 5) is 8.19. The molecule has 0 aliphatic rings. The Morgan fingerprint density at radius 1 is 1.35 bits per heavy atom. The molecular formula is C14H15BrFN3O. The van der Waals surface area contributed by atoms with Gasteiger partial charge >= 0.3 is 0 Å². The van der Waals surface area contributed by atoms with E-state index in [2.05, 4.69) is 31.2 Å². The minimum Gasteiger partial charge on any atom is -0.481 e. The molecular weight excluding hydrogens is 325 g/mol. The lowest BCUT2D eigenvalue weighted by atomic mass is 10.0. The highest BCUT2D eigenvalue weighted by molar-refractivity contribution is 9.10. The highest BCUT2D eigenvalue weighted by atomic mass is 79.9. The average molecular weight is 340 g/mol. The molecule has 0 radical (unpaired) electrons. The zero-order valence-corrected chi connectivity index (χ0v) is 12.8. The number of hydrogen-bond donors (Lipinski definition) is 1. The van der Waals surface area contributed by atoms with E-state index in [1.54, 1.807) is 18.2 Å². The maximum Gasteiger partial charge on any atom is 0.216 e. The van der Waals surface area contributed by atoms with E-state index >= 15 is 0 Å². The largest absolute Gasteiger partial charge is 0.481 e. The molecule has 1 aromatic carbocycles. The van der Waals surface area contributed by atoms with E-state index in [0.29, 0.717) is 23.7 Å². The van der Waals surface area contributed by atoms with E-state index in [-0.39, 0.29) is 11.9 Å². The van der Waals surface area contributed by atoms with Crippen molar-refractivity contribution in [1.82, 2.24) is 15.3 Å². The van der Waals surface area contributed by atoms with Crippen molar-refractivity contribution >= 4 is 15.9 Å². The maximum absolute atomic E-state index is 14.1. The van der Waals surface area contributed by atoms with Crippen LogP contribution in [0.15, 0.2) is 35.1 Å². The summed E-state index contributed by atoms with van der Waals surface area (Å²) in [6, 6.07) is 6.20. The third-order valence-electron chi connectivity index (χ3n) is 2.85. The van der Waals surface area contributed by atoms with E-state index in [4.69, 9.17) is 4.74 Å². The fourth-order valence-corrected chi connectivity index (χ4v) is 2.32.